The normalized spacial score (nSPS) is 10.7. The van der Waals surface area contributed by atoms with E-state index in [0.717, 1.165) is 23.0 Å². The third-order valence-electron chi connectivity index (χ3n) is 5.51. The molecule has 0 radical (unpaired) electrons. The number of nitrogens with zero attached hydrogens (tertiary/aromatic N) is 3. The number of carbonyl (C=O) groups excluding carboxylic acids is 1. The lowest BCUT2D eigenvalue weighted by atomic mass is 10.1. The van der Waals surface area contributed by atoms with E-state index in [1.807, 2.05) is 31.3 Å². The highest BCUT2D eigenvalue weighted by molar-refractivity contribution is 5.79. The van der Waals surface area contributed by atoms with Gasteiger partial charge in [0.2, 0.25) is 0 Å². The predicted octanol–water partition coefficient (Wildman–Crippen LogP) is 4.60. The van der Waals surface area contributed by atoms with E-state index in [1.54, 1.807) is 24.4 Å². The summed E-state index contributed by atoms with van der Waals surface area (Å²) in [6.07, 6.45) is 3.49. The first-order valence-electron chi connectivity index (χ1n) is 11.8. The number of hydrogen-bond donors (Lipinski definition) is 3. The molecular weight excluding hydrogens is 455 g/mol. The largest absolute Gasteiger partial charge is 0.396 e. The lowest BCUT2D eigenvalue weighted by Crippen LogP contribution is -2.18. The average molecular weight is 489 g/mol. The van der Waals surface area contributed by atoms with Crippen molar-refractivity contribution in [2.24, 2.45) is 0 Å². The molecule has 0 aliphatic carbocycles. The summed E-state index contributed by atoms with van der Waals surface area (Å²) in [7, 11) is 6.17. The molecule has 2 heterocycles. The van der Waals surface area contributed by atoms with Crippen LogP contribution in [0, 0.1) is 5.82 Å². The summed E-state index contributed by atoms with van der Waals surface area (Å²) in [6, 6.07) is 17.8. The van der Waals surface area contributed by atoms with Crippen molar-refractivity contribution in [1.29, 1.82) is 0 Å². The molecule has 0 saturated carbocycles. The minimum Gasteiger partial charge on any atom is -0.396 e. The van der Waals surface area contributed by atoms with Crippen LogP contribution >= 0.6 is 0 Å². The topological polar surface area (TPSA) is 96.2 Å². The van der Waals surface area contributed by atoms with Crippen molar-refractivity contribution >= 4 is 28.7 Å². The summed E-state index contributed by atoms with van der Waals surface area (Å²) in [6.45, 7) is 2.84. The van der Waals surface area contributed by atoms with Gasteiger partial charge in [-0.25, -0.2) is 9.37 Å². The number of aromatic nitrogens is 2. The summed E-state index contributed by atoms with van der Waals surface area (Å²) >= 11 is 0. The molecule has 7 nitrogen and oxygen atoms in total. The Morgan fingerprint density at radius 2 is 1.92 bits per heavy atom. The van der Waals surface area contributed by atoms with E-state index in [0.29, 0.717) is 35.6 Å². The zero-order valence-corrected chi connectivity index (χ0v) is 21.0. The van der Waals surface area contributed by atoms with Gasteiger partial charge in [-0.15, -0.1) is 0 Å². The standard InChI is InChI=1S/C22H17FN4O.C6H16N2/c23-18-11-16(4-5-17(18)13-28)21-8-6-19(24)22(27-21)26-12-14-3-7-20-15(10-14)2-1-9-25-20;1-7-5-4-6-8(2)3/h1-11,13H,12,24H2,(H,26,27);7H,4-6H2,1-3H3. The van der Waals surface area contributed by atoms with Crippen LogP contribution in [0.2, 0.25) is 0 Å². The van der Waals surface area contributed by atoms with Gasteiger partial charge >= 0.3 is 0 Å². The van der Waals surface area contributed by atoms with E-state index in [-0.39, 0.29) is 5.56 Å². The number of nitrogens with two attached hydrogens (primary N) is 1. The van der Waals surface area contributed by atoms with Crippen LogP contribution in [-0.4, -0.2) is 55.4 Å². The molecule has 0 spiro atoms. The number of hydrogen-bond acceptors (Lipinski definition) is 7. The highest BCUT2D eigenvalue weighted by Gasteiger charge is 2.09. The molecule has 0 aliphatic rings. The van der Waals surface area contributed by atoms with E-state index in [4.69, 9.17) is 5.73 Å². The number of nitrogens with one attached hydrogen (secondary N) is 2. The predicted molar refractivity (Wildman–Crippen MR) is 146 cm³/mol. The number of pyridine rings is 2. The van der Waals surface area contributed by atoms with Crippen molar-refractivity contribution in [3.05, 3.63) is 83.8 Å². The van der Waals surface area contributed by atoms with Crippen molar-refractivity contribution in [3.63, 3.8) is 0 Å². The van der Waals surface area contributed by atoms with Crippen molar-refractivity contribution in [1.82, 2.24) is 20.2 Å². The molecule has 2 aromatic heterocycles. The summed E-state index contributed by atoms with van der Waals surface area (Å²) in [5, 5.41) is 7.39. The van der Waals surface area contributed by atoms with Crippen LogP contribution < -0.4 is 16.4 Å². The quantitative estimate of drug-likeness (QED) is 0.234. The highest BCUT2D eigenvalue weighted by atomic mass is 19.1. The van der Waals surface area contributed by atoms with E-state index >= 15 is 0 Å². The van der Waals surface area contributed by atoms with Gasteiger partial charge in [0, 0.05) is 23.7 Å². The van der Waals surface area contributed by atoms with Gasteiger partial charge in [0.25, 0.3) is 0 Å². The zero-order chi connectivity index (χ0) is 25.9. The van der Waals surface area contributed by atoms with Crippen LogP contribution in [-0.2, 0) is 6.54 Å². The van der Waals surface area contributed by atoms with Gasteiger partial charge in [0.1, 0.15) is 11.6 Å². The molecule has 2 aromatic carbocycles. The van der Waals surface area contributed by atoms with E-state index in [2.05, 4.69) is 45.7 Å². The van der Waals surface area contributed by atoms with Crippen LogP contribution in [0.1, 0.15) is 22.3 Å². The van der Waals surface area contributed by atoms with Crippen LogP contribution in [0.25, 0.3) is 22.2 Å². The van der Waals surface area contributed by atoms with Gasteiger partial charge in [-0.3, -0.25) is 9.78 Å². The molecule has 4 rings (SSSR count). The lowest BCUT2D eigenvalue weighted by molar-refractivity contribution is 0.112. The molecule has 0 amide bonds. The maximum absolute atomic E-state index is 13.9. The molecule has 0 bridgehead atoms. The Morgan fingerprint density at radius 3 is 2.64 bits per heavy atom. The molecule has 0 saturated heterocycles. The zero-order valence-electron chi connectivity index (χ0n) is 21.0. The van der Waals surface area contributed by atoms with Crippen molar-refractivity contribution in [2.45, 2.75) is 13.0 Å². The number of benzene rings is 2. The fourth-order valence-corrected chi connectivity index (χ4v) is 3.55. The first-order chi connectivity index (χ1) is 17.4. The van der Waals surface area contributed by atoms with Crippen LogP contribution in [0.3, 0.4) is 0 Å². The minimum absolute atomic E-state index is 0.0170. The van der Waals surface area contributed by atoms with Gasteiger partial charge in [-0.05, 0) is 88.7 Å². The summed E-state index contributed by atoms with van der Waals surface area (Å²) in [4.78, 5) is 21.8. The van der Waals surface area contributed by atoms with Crippen LogP contribution in [0.15, 0.2) is 66.9 Å². The fourth-order valence-electron chi connectivity index (χ4n) is 3.55. The first kappa shape index (κ1) is 26.7. The van der Waals surface area contributed by atoms with Crippen molar-refractivity contribution < 1.29 is 9.18 Å². The molecule has 188 valence electrons. The molecule has 0 aliphatic heterocycles. The maximum atomic E-state index is 13.9. The molecule has 36 heavy (non-hydrogen) atoms. The van der Waals surface area contributed by atoms with Gasteiger partial charge in [-0.2, -0.15) is 0 Å². The SMILES string of the molecule is CNCCCN(C)C.Nc1ccc(-c2ccc(C=O)c(F)c2)nc1NCc1ccc2ncccc2c1. The Hall–Kier alpha value is -3.88. The summed E-state index contributed by atoms with van der Waals surface area (Å²) in [5.74, 6) is -0.0611. The molecule has 4 N–H and O–H groups in total. The van der Waals surface area contributed by atoms with E-state index in [9.17, 15) is 9.18 Å². The third kappa shape index (κ3) is 7.56. The molecule has 8 heteroatoms. The van der Waals surface area contributed by atoms with Crippen LogP contribution in [0.4, 0.5) is 15.9 Å². The Morgan fingerprint density at radius 1 is 1.08 bits per heavy atom. The summed E-state index contributed by atoms with van der Waals surface area (Å²) < 4.78 is 13.9. The number of anilines is 2. The Labute approximate surface area is 211 Å². The number of aldehydes is 1. The maximum Gasteiger partial charge on any atom is 0.152 e. The van der Waals surface area contributed by atoms with Crippen molar-refractivity contribution in [3.8, 4) is 11.3 Å². The first-order valence-corrected chi connectivity index (χ1v) is 11.8. The average Bonchev–Trinajstić information content (AvgIpc) is 2.88. The summed E-state index contributed by atoms with van der Waals surface area (Å²) in [5.41, 5.74) is 9.69. The highest BCUT2D eigenvalue weighted by Crippen LogP contribution is 2.25. The van der Waals surface area contributed by atoms with Gasteiger partial charge in [0.15, 0.2) is 6.29 Å². The van der Waals surface area contributed by atoms with E-state index < -0.39 is 5.82 Å². The molecule has 0 fully saturated rings. The second-order valence-electron chi connectivity index (χ2n) is 8.63. The molecular formula is C28H33FN6O. The number of halogens is 1. The molecule has 0 unspecified atom stereocenters. The third-order valence-corrected chi connectivity index (χ3v) is 5.51. The van der Waals surface area contributed by atoms with Crippen molar-refractivity contribution in [2.75, 3.05) is 45.3 Å². The van der Waals surface area contributed by atoms with Gasteiger partial charge < -0.3 is 21.3 Å². The number of fused-ring (bicyclic) bond motifs is 1. The van der Waals surface area contributed by atoms with Crippen LogP contribution in [0.5, 0.6) is 0 Å². The smallest absolute Gasteiger partial charge is 0.152 e. The van der Waals surface area contributed by atoms with E-state index in [1.165, 1.54) is 25.1 Å². The van der Waals surface area contributed by atoms with Gasteiger partial charge in [0.05, 0.1) is 22.5 Å². The number of nitrogen functional groups attached to an aromatic ring is 1. The fraction of sp³-hybridized carbons (Fsp3) is 0.250. The second kappa shape index (κ2) is 13.3. The number of rotatable bonds is 9. The Balaban J connectivity index is 0.000000392. The number of carbonyl (C=O) groups is 1. The van der Waals surface area contributed by atoms with Gasteiger partial charge in [-0.1, -0.05) is 18.2 Å². The Kier molecular flexibility index (Phi) is 9.85. The molecule has 0 atom stereocenters. The second-order valence-corrected chi connectivity index (χ2v) is 8.63. The molecule has 4 aromatic rings. The minimum atomic E-state index is -0.578. The lowest BCUT2D eigenvalue weighted by Gasteiger charge is -2.11. The monoisotopic (exact) mass is 488 g/mol. The Bertz CT molecular complexity index is 1290.